The van der Waals surface area contributed by atoms with E-state index in [0.717, 1.165) is 30.4 Å². The molecule has 1 aromatic carbocycles. The highest BCUT2D eigenvalue weighted by molar-refractivity contribution is 6.31. The molecule has 1 fully saturated rings. The molecule has 0 spiro atoms. The Morgan fingerprint density at radius 1 is 1.17 bits per heavy atom. The van der Waals surface area contributed by atoms with E-state index >= 15 is 0 Å². The lowest BCUT2D eigenvalue weighted by atomic mass is 9.72. The van der Waals surface area contributed by atoms with E-state index in [1.807, 2.05) is 13.0 Å². The van der Waals surface area contributed by atoms with Gasteiger partial charge in [0.1, 0.15) is 5.82 Å². The van der Waals surface area contributed by atoms with Crippen LogP contribution in [0.15, 0.2) is 16.9 Å². The number of H-pyrrole nitrogens is 1. The number of unbranched alkanes of at least 4 members (excludes halogenated alkanes) is 1. The lowest BCUT2D eigenvalue weighted by Crippen LogP contribution is -2.33. The molecule has 1 aliphatic carbocycles. The van der Waals surface area contributed by atoms with Crippen molar-refractivity contribution in [1.82, 2.24) is 15.2 Å². The van der Waals surface area contributed by atoms with Crippen LogP contribution in [0.25, 0.3) is 0 Å². The quantitative estimate of drug-likeness (QED) is 0.403. The highest BCUT2D eigenvalue weighted by atomic mass is 35.5. The lowest BCUT2D eigenvalue weighted by molar-refractivity contribution is 0.0949. The van der Waals surface area contributed by atoms with Crippen LogP contribution in [0.5, 0.6) is 0 Å². The second-order valence-corrected chi connectivity index (χ2v) is 11.1. The number of benzene rings is 1. The zero-order valence-electron chi connectivity index (χ0n) is 22.6. The molecular weight excluding hydrogens is 477 g/mol. The van der Waals surface area contributed by atoms with E-state index in [1.54, 1.807) is 13.0 Å². The van der Waals surface area contributed by atoms with Crippen LogP contribution in [0.2, 0.25) is 5.02 Å². The van der Waals surface area contributed by atoms with Gasteiger partial charge in [-0.25, -0.2) is 4.39 Å². The summed E-state index contributed by atoms with van der Waals surface area (Å²) in [6.07, 6.45) is 8.05. The van der Waals surface area contributed by atoms with Gasteiger partial charge in [-0.3, -0.25) is 9.59 Å². The van der Waals surface area contributed by atoms with E-state index < -0.39 is 5.82 Å². The molecule has 2 N–H and O–H groups in total. The van der Waals surface area contributed by atoms with Gasteiger partial charge in [0.2, 0.25) is 0 Å². The molecule has 1 aliphatic rings. The zero-order valence-corrected chi connectivity index (χ0v) is 23.3. The summed E-state index contributed by atoms with van der Waals surface area (Å²) in [6, 6.07) is 4.37. The molecule has 1 amide bonds. The topological polar surface area (TPSA) is 65.2 Å². The summed E-state index contributed by atoms with van der Waals surface area (Å²) in [5.41, 5.74) is 2.91. The third-order valence-electron chi connectivity index (χ3n) is 8.08. The number of nitrogens with zero attached hydrogens (tertiary/aromatic N) is 1. The van der Waals surface area contributed by atoms with Crippen molar-refractivity contribution in [1.29, 1.82) is 0 Å². The highest BCUT2D eigenvalue weighted by Gasteiger charge is 2.31. The average Bonchev–Trinajstić information content (AvgIpc) is 2.84. The number of hydrogen-bond donors (Lipinski definition) is 2. The van der Waals surface area contributed by atoms with Crippen molar-refractivity contribution in [3.05, 3.63) is 66.8 Å². The minimum Gasteiger partial charge on any atom is -0.348 e. The van der Waals surface area contributed by atoms with E-state index in [2.05, 4.69) is 36.2 Å². The molecule has 198 valence electrons. The van der Waals surface area contributed by atoms with Crippen molar-refractivity contribution in [3.8, 4) is 0 Å². The standard InChI is InChI=1S/C29H41ClFN3O2/c1-7-8-9-23(20-10-12-22(13-11-20)34(5)6)24-14-21(30)15-25(17(24)2)28(35)32-16-26-18(3)27(31)19(4)33-29(26)36/h14-15,20,22-23H,7-13,16H2,1-6H3,(H,32,35)(H,33,36). The number of pyridine rings is 1. The minimum atomic E-state index is -0.456. The molecule has 3 rings (SSSR count). The monoisotopic (exact) mass is 517 g/mol. The number of carbonyl (C=O) groups is 1. The van der Waals surface area contributed by atoms with Crippen LogP contribution in [0, 0.1) is 32.5 Å². The van der Waals surface area contributed by atoms with E-state index in [1.165, 1.54) is 32.6 Å². The summed E-state index contributed by atoms with van der Waals surface area (Å²) in [5.74, 6) is 0.164. The molecule has 0 aliphatic heterocycles. The summed E-state index contributed by atoms with van der Waals surface area (Å²) in [4.78, 5) is 30.5. The Labute approximate surface area is 219 Å². The molecule has 7 heteroatoms. The Kier molecular flexibility index (Phi) is 9.76. The summed E-state index contributed by atoms with van der Waals surface area (Å²) in [6.45, 7) is 7.23. The van der Waals surface area contributed by atoms with Crippen LogP contribution in [0.4, 0.5) is 4.39 Å². The van der Waals surface area contributed by atoms with Gasteiger partial charge in [-0.1, -0.05) is 31.4 Å². The van der Waals surface area contributed by atoms with Crippen molar-refractivity contribution in [2.45, 2.75) is 91.1 Å². The summed E-state index contributed by atoms with van der Waals surface area (Å²) >= 11 is 6.56. The molecule has 1 atom stereocenters. The van der Waals surface area contributed by atoms with Gasteiger partial charge in [-0.05, 0) is 108 Å². The Morgan fingerprint density at radius 2 is 1.83 bits per heavy atom. The smallest absolute Gasteiger partial charge is 0.253 e. The Morgan fingerprint density at radius 3 is 2.44 bits per heavy atom. The largest absolute Gasteiger partial charge is 0.348 e. The van der Waals surface area contributed by atoms with Crippen molar-refractivity contribution < 1.29 is 9.18 Å². The molecule has 0 bridgehead atoms. The second kappa shape index (κ2) is 12.4. The zero-order chi connectivity index (χ0) is 26.6. The first-order valence-electron chi connectivity index (χ1n) is 13.2. The van der Waals surface area contributed by atoms with Gasteiger partial charge in [0.15, 0.2) is 0 Å². The Bertz CT molecular complexity index is 1140. The molecular formula is C29H41ClFN3O2. The van der Waals surface area contributed by atoms with Crippen molar-refractivity contribution >= 4 is 17.5 Å². The SMILES string of the molecule is CCCCC(c1cc(Cl)cc(C(=O)NCc2c(C)c(F)c(C)[nH]c2=O)c1C)C1CCC(N(C)C)CC1. The Hall–Kier alpha value is -2.18. The van der Waals surface area contributed by atoms with Crippen molar-refractivity contribution in [2.24, 2.45) is 5.92 Å². The first kappa shape index (κ1) is 28.4. The summed E-state index contributed by atoms with van der Waals surface area (Å²) in [5, 5.41) is 3.37. The second-order valence-electron chi connectivity index (χ2n) is 10.6. The van der Waals surface area contributed by atoms with Gasteiger partial charge >= 0.3 is 0 Å². The number of aromatic nitrogens is 1. The Balaban J connectivity index is 1.86. The number of carbonyl (C=O) groups excluding carboxylic acids is 1. The van der Waals surface area contributed by atoms with Crippen molar-refractivity contribution in [3.63, 3.8) is 0 Å². The number of aryl methyl sites for hydroxylation is 1. The number of nitrogens with one attached hydrogen (secondary N) is 2. The molecule has 36 heavy (non-hydrogen) atoms. The molecule has 5 nitrogen and oxygen atoms in total. The highest BCUT2D eigenvalue weighted by Crippen LogP contribution is 2.42. The van der Waals surface area contributed by atoms with Gasteiger partial charge in [-0.2, -0.15) is 0 Å². The number of aromatic amines is 1. The number of amides is 1. The maximum Gasteiger partial charge on any atom is 0.253 e. The van der Waals surface area contributed by atoms with Crippen LogP contribution in [0.1, 0.15) is 96.1 Å². The molecule has 1 aromatic heterocycles. The fourth-order valence-electron chi connectivity index (χ4n) is 5.77. The predicted octanol–water partition coefficient (Wildman–Crippen LogP) is 6.42. The van der Waals surface area contributed by atoms with Crippen molar-refractivity contribution in [2.75, 3.05) is 14.1 Å². The fraction of sp³-hybridized carbons (Fsp3) is 0.586. The minimum absolute atomic E-state index is 0.0493. The van der Waals surface area contributed by atoms with Gasteiger partial charge in [0, 0.05) is 28.7 Å². The molecule has 0 saturated heterocycles. The van der Waals surface area contributed by atoms with Gasteiger partial charge in [-0.15, -0.1) is 0 Å². The third kappa shape index (κ3) is 6.38. The van der Waals surface area contributed by atoms with E-state index in [0.29, 0.717) is 28.5 Å². The summed E-state index contributed by atoms with van der Waals surface area (Å²) < 4.78 is 14.3. The molecule has 2 aromatic rings. The number of rotatable bonds is 9. The fourth-order valence-corrected chi connectivity index (χ4v) is 6.00. The first-order chi connectivity index (χ1) is 17.0. The van der Waals surface area contributed by atoms with Crippen LogP contribution in [0.3, 0.4) is 0 Å². The maximum absolute atomic E-state index is 14.3. The van der Waals surface area contributed by atoms with E-state index in [-0.39, 0.29) is 34.8 Å². The molecule has 1 unspecified atom stereocenters. The van der Waals surface area contributed by atoms with E-state index in [4.69, 9.17) is 11.6 Å². The molecule has 0 radical (unpaired) electrons. The molecule has 1 heterocycles. The summed E-state index contributed by atoms with van der Waals surface area (Å²) in [7, 11) is 4.32. The third-order valence-corrected chi connectivity index (χ3v) is 8.30. The molecule has 1 saturated carbocycles. The predicted molar refractivity (Wildman–Crippen MR) is 146 cm³/mol. The normalized spacial score (nSPS) is 18.9. The number of hydrogen-bond acceptors (Lipinski definition) is 3. The van der Waals surface area contributed by atoms with Crippen LogP contribution in [-0.2, 0) is 6.54 Å². The number of halogens is 2. The van der Waals surface area contributed by atoms with Gasteiger partial charge in [0.25, 0.3) is 11.5 Å². The van der Waals surface area contributed by atoms with Crippen LogP contribution in [-0.4, -0.2) is 35.9 Å². The van der Waals surface area contributed by atoms with E-state index in [9.17, 15) is 14.0 Å². The first-order valence-corrected chi connectivity index (χ1v) is 13.5. The lowest BCUT2D eigenvalue weighted by Gasteiger charge is -2.37. The van der Waals surface area contributed by atoms with Gasteiger partial charge < -0.3 is 15.2 Å². The average molecular weight is 518 g/mol. The van der Waals surface area contributed by atoms with Gasteiger partial charge in [0.05, 0.1) is 5.69 Å². The van der Waals surface area contributed by atoms with Crippen LogP contribution < -0.4 is 10.9 Å². The maximum atomic E-state index is 14.3. The van der Waals surface area contributed by atoms with Crippen LogP contribution >= 0.6 is 11.6 Å².